The number of para-hydroxylation sites is 1. The summed E-state index contributed by atoms with van der Waals surface area (Å²) in [6.07, 6.45) is 0.983. The zero-order chi connectivity index (χ0) is 33.0. The number of carbonyl (C=O) groups is 3. The fourth-order valence-electron chi connectivity index (χ4n) is 5.38. The second-order valence-electron chi connectivity index (χ2n) is 11.3. The van der Waals surface area contributed by atoms with E-state index < -0.39 is 41.7 Å². The monoisotopic (exact) mass is 629 g/mol. The largest absolute Gasteiger partial charge is 0.497 e. The molecule has 3 aromatic carbocycles. The standard InChI is InChI=1S/C34H36FN5O6/c1-21(45-31(41)20-38(3)4)19-39-22(2)32(34(43)40(39)24-9-7-6-8-10-24)33(42)37-23-11-14-30(27(35)17-23)46-29-15-16-36-28-18-25(44-5)12-13-26(28)29/h6-18,21-22,32H,19-20H2,1-5H3,(H,37,42)/t21-,22?,32?/m1/s1. The summed E-state index contributed by atoms with van der Waals surface area (Å²) >= 11 is 0. The van der Waals surface area contributed by atoms with E-state index >= 15 is 4.39 Å². The SMILES string of the molecule is COc1ccc2c(Oc3ccc(NC(=O)C4C(=O)N(c5ccccc5)N(C[C@@H](C)OC(=O)CN(C)C)C4C)cc3F)ccnc2c1. The number of halogens is 1. The van der Waals surface area contributed by atoms with Crippen LogP contribution in [-0.2, 0) is 19.1 Å². The highest BCUT2D eigenvalue weighted by atomic mass is 19.1. The van der Waals surface area contributed by atoms with Gasteiger partial charge in [-0.3, -0.25) is 24.3 Å². The van der Waals surface area contributed by atoms with E-state index in [9.17, 15) is 14.4 Å². The third kappa shape index (κ3) is 7.08. The minimum atomic E-state index is -1.12. The van der Waals surface area contributed by atoms with Gasteiger partial charge >= 0.3 is 5.97 Å². The van der Waals surface area contributed by atoms with Crippen LogP contribution in [0, 0.1) is 11.7 Å². The van der Waals surface area contributed by atoms with Gasteiger partial charge in [0.25, 0.3) is 5.91 Å². The van der Waals surface area contributed by atoms with Crippen LogP contribution in [0.4, 0.5) is 15.8 Å². The number of pyridine rings is 1. The van der Waals surface area contributed by atoms with Crippen molar-refractivity contribution in [2.45, 2.75) is 26.0 Å². The lowest BCUT2D eigenvalue weighted by atomic mass is 10.0. The van der Waals surface area contributed by atoms with E-state index in [0.717, 1.165) is 6.07 Å². The van der Waals surface area contributed by atoms with Crippen LogP contribution < -0.4 is 19.8 Å². The smallest absolute Gasteiger partial charge is 0.320 e. The molecule has 2 amide bonds. The summed E-state index contributed by atoms with van der Waals surface area (Å²) in [7, 11) is 5.09. The number of anilines is 2. The molecule has 5 rings (SSSR count). The Morgan fingerprint density at radius 2 is 1.80 bits per heavy atom. The van der Waals surface area contributed by atoms with Crippen LogP contribution in [0.3, 0.4) is 0 Å². The quantitative estimate of drug-likeness (QED) is 0.183. The highest BCUT2D eigenvalue weighted by Gasteiger charge is 2.49. The molecule has 4 aromatic rings. The minimum Gasteiger partial charge on any atom is -0.497 e. The molecule has 1 saturated heterocycles. The summed E-state index contributed by atoms with van der Waals surface area (Å²) in [6, 6.07) is 19.3. The van der Waals surface area contributed by atoms with Gasteiger partial charge in [-0.2, -0.15) is 0 Å². The van der Waals surface area contributed by atoms with Gasteiger partial charge in [0.1, 0.15) is 23.5 Å². The van der Waals surface area contributed by atoms with Crippen molar-refractivity contribution in [2.24, 2.45) is 5.92 Å². The number of benzene rings is 3. The average molecular weight is 630 g/mol. The van der Waals surface area contributed by atoms with Crippen LogP contribution in [-0.4, -0.2) is 79.1 Å². The predicted octanol–water partition coefficient (Wildman–Crippen LogP) is 4.88. The van der Waals surface area contributed by atoms with E-state index in [-0.39, 0.29) is 24.5 Å². The molecule has 3 atom stereocenters. The Balaban J connectivity index is 1.32. The maximum Gasteiger partial charge on any atom is 0.320 e. The molecule has 2 unspecified atom stereocenters. The number of hydrogen-bond acceptors (Lipinski definition) is 9. The fraction of sp³-hybridized carbons (Fsp3) is 0.294. The highest BCUT2D eigenvalue weighted by molar-refractivity contribution is 6.13. The Kier molecular flexibility index (Phi) is 9.78. The molecule has 240 valence electrons. The summed E-state index contributed by atoms with van der Waals surface area (Å²) < 4.78 is 32.0. The first-order valence-corrected chi connectivity index (χ1v) is 14.8. The topological polar surface area (TPSA) is 114 Å². The Bertz CT molecular complexity index is 1740. The summed E-state index contributed by atoms with van der Waals surface area (Å²) in [5.41, 5.74) is 1.35. The lowest BCUT2D eigenvalue weighted by molar-refractivity contribution is -0.150. The fourth-order valence-corrected chi connectivity index (χ4v) is 5.38. The van der Waals surface area contributed by atoms with Gasteiger partial charge < -0.3 is 19.5 Å². The number of hydrogen-bond donors (Lipinski definition) is 1. The van der Waals surface area contributed by atoms with Gasteiger partial charge in [-0.15, -0.1) is 0 Å². The number of likely N-dealkylation sites (N-methyl/N-ethyl adjacent to an activating group) is 1. The summed E-state index contributed by atoms with van der Waals surface area (Å²) in [6.45, 7) is 3.77. The van der Waals surface area contributed by atoms with Gasteiger partial charge in [0.2, 0.25) is 5.91 Å². The summed E-state index contributed by atoms with van der Waals surface area (Å²) in [5, 5.41) is 6.53. The third-order valence-corrected chi connectivity index (χ3v) is 7.52. The molecule has 1 aliphatic rings. The number of amides is 2. The molecule has 12 heteroatoms. The first-order chi connectivity index (χ1) is 22.0. The molecule has 0 radical (unpaired) electrons. The van der Waals surface area contributed by atoms with Crippen molar-refractivity contribution in [3.8, 4) is 17.2 Å². The first-order valence-electron chi connectivity index (χ1n) is 14.8. The lowest BCUT2D eigenvalue weighted by Crippen LogP contribution is -2.46. The lowest BCUT2D eigenvalue weighted by Gasteiger charge is -2.32. The minimum absolute atomic E-state index is 0.0501. The number of nitrogens with zero attached hydrogens (tertiary/aromatic N) is 4. The number of ether oxygens (including phenoxy) is 3. The molecule has 11 nitrogen and oxygen atoms in total. The van der Waals surface area contributed by atoms with Crippen LogP contribution >= 0.6 is 0 Å². The number of esters is 1. The molecule has 0 bridgehead atoms. The molecule has 1 aliphatic heterocycles. The van der Waals surface area contributed by atoms with E-state index in [1.54, 1.807) is 99.7 Å². The van der Waals surface area contributed by atoms with Crippen molar-refractivity contribution in [1.29, 1.82) is 0 Å². The molecule has 0 aliphatic carbocycles. The number of methoxy groups -OCH3 is 1. The first kappa shape index (κ1) is 32.3. The number of aromatic nitrogens is 1. The third-order valence-electron chi connectivity index (χ3n) is 7.52. The van der Waals surface area contributed by atoms with Gasteiger partial charge in [0.15, 0.2) is 11.6 Å². The van der Waals surface area contributed by atoms with Gasteiger partial charge in [-0.25, -0.2) is 14.4 Å². The molecular formula is C34H36FN5O6. The molecule has 0 saturated carbocycles. The Morgan fingerprint density at radius 1 is 1.04 bits per heavy atom. The van der Waals surface area contributed by atoms with Crippen molar-refractivity contribution in [2.75, 3.05) is 44.6 Å². The normalized spacial score (nSPS) is 17.3. The zero-order valence-corrected chi connectivity index (χ0v) is 26.3. The Hall–Kier alpha value is -5.07. The van der Waals surface area contributed by atoms with Crippen molar-refractivity contribution in [1.82, 2.24) is 14.9 Å². The van der Waals surface area contributed by atoms with Gasteiger partial charge in [0.05, 0.1) is 31.4 Å². The number of rotatable bonds is 11. The molecule has 1 fully saturated rings. The molecule has 1 aromatic heterocycles. The van der Waals surface area contributed by atoms with Gasteiger partial charge in [-0.05, 0) is 70.4 Å². The van der Waals surface area contributed by atoms with Crippen LogP contribution in [0.15, 0.2) is 79.0 Å². The highest BCUT2D eigenvalue weighted by Crippen LogP contribution is 2.35. The summed E-state index contributed by atoms with van der Waals surface area (Å²) in [5.74, 6) is -2.30. The number of carbonyl (C=O) groups excluding carboxylic acids is 3. The van der Waals surface area contributed by atoms with Crippen molar-refractivity contribution in [3.63, 3.8) is 0 Å². The summed E-state index contributed by atoms with van der Waals surface area (Å²) in [4.78, 5) is 45.7. The van der Waals surface area contributed by atoms with Crippen molar-refractivity contribution < 1.29 is 33.0 Å². The molecule has 46 heavy (non-hydrogen) atoms. The zero-order valence-electron chi connectivity index (χ0n) is 26.3. The second kappa shape index (κ2) is 13.9. The van der Waals surface area contributed by atoms with E-state index in [2.05, 4.69) is 10.3 Å². The Labute approximate surface area is 266 Å². The van der Waals surface area contributed by atoms with E-state index in [4.69, 9.17) is 14.2 Å². The molecular weight excluding hydrogens is 593 g/mol. The van der Waals surface area contributed by atoms with Crippen LogP contribution in [0.25, 0.3) is 10.9 Å². The number of nitrogens with one attached hydrogen (secondary N) is 1. The maximum atomic E-state index is 15.3. The van der Waals surface area contributed by atoms with Crippen LogP contribution in [0.2, 0.25) is 0 Å². The van der Waals surface area contributed by atoms with Gasteiger partial charge in [0, 0.05) is 35.4 Å². The number of fused-ring (bicyclic) bond motifs is 1. The molecule has 1 N–H and O–H groups in total. The number of hydrazine groups is 1. The predicted molar refractivity (Wildman–Crippen MR) is 171 cm³/mol. The van der Waals surface area contributed by atoms with E-state index in [1.807, 2.05) is 6.07 Å². The van der Waals surface area contributed by atoms with E-state index in [0.29, 0.717) is 28.1 Å². The average Bonchev–Trinajstić information content (AvgIpc) is 3.26. The van der Waals surface area contributed by atoms with Crippen molar-refractivity contribution >= 4 is 40.1 Å². The van der Waals surface area contributed by atoms with Gasteiger partial charge in [-0.1, -0.05) is 18.2 Å². The molecule has 2 heterocycles. The Morgan fingerprint density at radius 3 is 2.50 bits per heavy atom. The second-order valence-corrected chi connectivity index (χ2v) is 11.3. The van der Waals surface area contributed by atoms with Crippen LogP contribution in [0.5, 0.6) is 17.2 Å². The van der Waals surface area contributed by atoms with Crippen LogP contribution in [0.1, 0.15) is 13.8 Å². The maximum absolute atomic E-state index is 15.3. The molecule has 0 spiro atoms. The van der Waals surface area contributed by atoms with Crippen molar-refractivity contribution in [3.05, 3.63) is 84.8 Å². The van der Waals surface area contributed by atoms with E-state index in [1.165, 1.54) is 17.1 Å².